The Kier molecular flexibility index (Phi) is 52.4. The average molecular weight is 893 g/mol. The van der Waals surface area contributed by atoms with Crippen LogP contribution in [0.1, 0.15) is 265 Å². The van der Waals surface area contributed by atoms with Gasteiger partial charge in [0, 0.05) is 19.4 Å². The minimum atomic E-state index is -0.547. The van der Waals surface area contributed by atoms with Crippen LogP contribution in [0.4, 0.5) is 0 Å². The fraction of sp³-hybridized carbons (Fsp3) is 0.763. The van der Waals surface area contributed by atoms with E-state index in [0.29, 0.717) is 19.4 Å². The van der Waals surface area contributed by atoms with Crippen molar-refractivity contribution >= 4 is 11.9 Å². The third-order valence-electron chi connectivity index (χ3n) is 11.7. The average Bonchev–Trinajstić information content (AvgIpc) is 3.30. The molecule has 1 atom stereocenters. The van der Waals surface area contributed by atoms with Crippen LogP contribution < -0.4 is 0 Å². The highest BCUT2D eigenvalue weighted by molar-refractivity contribution is 5.70. The highest BCUT2D eigenvalue weighted by Crippen LogP contribution is 2.15. The number of esters is 2. The zero-order valence-corrected chi connectivity index (χ0v) is 42.5. The molecule has 5 heteroatoms. The number of carbonyl (C=O) groups is 2. The van der Waals surface area contributed by atoms with Crippen LogP contribution >= 0.6 is 0 Å². The molecule has 0 aliphatic rings. The number of hydrogen-bond donors (Lipinski definition) is 0. The van der Waals surface area contributed by atoms with Gasteiger partial charge in [-0.1, -0.05) is 235 Å². The van der Waals surface area contributed by atoms with E-state index in [1.54, 1.807) is 0 Å². The Bertz CT molecular complexity index is 1150. The molecule has 0 aromatic heterocycles. The van der Waals surface area contributed by atoms with Crippen molar-refractivity contribution in [1.29, 1.82) is 0 Å². The lowest BCUT2D eigenvalue weighted by Gasteiger charge is -2.18. The van der Waals surface area contributed by atoms with Gasteiger partial charge in [0.1, 0.15) is 6.61 Å². The molecule has 0 bridgehead atoms. The fourth-order valence-corrected chi connectivity index (χ4v) is 7.65. The van der Waals surface area contributed by atoms with Crippen LogP contribution in [-0.2, 0) is 23.8 Å². The van der Waals surface area contributed by atoms with Crippen molar-refractivity contribution in [2.24, 2.45) is 0 Å². The maximum atomic E-state index is 12.8. The Balaban J connectivity index is 4.28. The van der Waals surface area contributed by atoms with E-state index in [9.17, 15) is 9.59 Å². The fourth-order valence-electron chi connectivity index (χ4n) is 7.65. The topological polar surface area (TPSA) is 61.8 Å². The molecule has 0 aliphatic heterocycles. The van der Waals surface area contributed by atoms with E-state index in [1.165, 1.54) is 135 Å². The number of unbranched alkanes of at least 4 members (excludes halogenated alkanes) is 27. The highest BCUT2D eigenvalue weighted by atomic mass is 16.6. The van der Waals surface area contributed by atoms with Crippen LogP contribution in [0.25, 0.3) is 0 Å². The molecule has 0 rings (SSSR count). The molecule has 0 N–H and O–H groups in total. The first-order valence-electron chi connectivity index (χ1n) is 27.5. The zero-order valence-electron chi connectivity index (χ0n) is 42.5. The Morgan fingerprint density at radius 2 is 0.703 bits per heavy atom. The molecule has 0 spiro atoms. The molecular formula is C59H104O5. The SMILES string of the molecule is CC/C=C\C/C=C\C/C=C\CCCCCCCCCC(=O)OC(COCCCCCCCCCCCCCC)COC(=O)CCCCCCCC/C=C\C/C=C\C/C=C\CCCCC. The summed E-state index contributed by atoms with van der Waals surface area (Å²) in [7, 11) is 0. The van der Waals surface area contributed by atoms with E-state index < -0.39 is 6.10 Å². The van der Waals surface area contributed by atoms with Crippen molar-refractivity contribution in [2.45, 2.75) is 271 Å². The molecule has 0 aromatic carbocycles. The van der Waals surface area contributed by atoms with Crippen molar-refractivity contribution < 1.29 is 23.8 Å². The molecule has 0 aliphatic carbocycles. The zero-order chi connectivity index (χ0) is 46.3. The van der Waals surface area contributed by atoms with E-state index >= 15 is 0 Å². The Labute approximate surface area is 397 Å². The van der Waals surface area contributed by atoms with E-state index in [-0.39, 0.29) is 25.2 Å². The number of carbonyl (C=O) groups excluding carboxylic acids is 2. The second kappa shape index (κ2) is 54.7. The van der Waals surface area contributed by atoms with Crippen LogP contribution in [0.3, 0.4) is 0 Å². The maximum Gasteiger partial charge on any atom is 0.306 e. The van der Waals surface area contributed by atoms with Gasteiger partial charge in [-0.3, -0.25) is 9.59 Å². The Morgan fingerprint density at radius 3 is 1.16 bits per heavy atom. The summed E-state index contributed by atoms with van der Waals surface area (Å²) in [5, 5.41) is 0. The highest BCUT2D eigenvalue weighted by Gasteiger charge is 2.17. The van der Waals surface area contributed by atoms with E-state index in [4.69, 9.17) is 14.2 Å². The van der Waals surface area contributed by atoms with Gasteiger partial charge in [0.25, 0.3) is 0 Å². The predicted octanol–water partition coefficient (Wildman–Crippen LogP) is 18.7. The molecule has 0 saturated heterocycles. The molecule has 0 aromatic rings. The third kappa shape index (κ3) is 52.0. The van der Waals surface area contributed by atoms with Crippen LogP contribution in [0.15, 0.2) is 72.9 Å². The Morgan fingerprint density at radius 1 is 0.359 bits per heavy atom. The second-order valence-electron chi connectivity index (χ2n) is 18.1. The summed E-state index contributed by atoms with van der Waals surface area (Å²) in [4.78, 5) is 25.5. The first-order valence-corrected chi connectivity index (χ1v) is 27.5. The van der Waals surface area contributed by atoms with Crippen LogP contribution in [-0.4, -0.2) is 37.9 Å². The largest absolute Gasteiger partial charge is 0.462 e. The number of hydrogen-bond acceptors (Lipinski definition) is 5. The van der Waals surface area contributed by atoms with Crippen LogP contribution in [0.5, 0.6) is 0 Å². The molecule has 370 valence electrons. The quantitative estimate of drug-likeness (QED) is 0.0346. The second-order valence-corrected chi connectivity index (χ2v) is 18.1. The molecule has 0 radical (unpaired) electrons. The minimum absolute atomic E-state index is 0.0744. The molecule has 0 fully saturated rings. The van der Waals surface area contributed by atoms with E-state index in [0.717, 1.165) is 96.3 Å². The molecule has 5 nitrogen and oxygen atoms in total. The van der Waals surface area contributed by atoms with Crippen LogP contribution in [0, 0.1) is 0 Å². The normalized spacial score (nSPS) is 12.7. The van der Waals surface area contributed by atoms with Gasteiger partial charge in [-0.15, -0.1) is 0 Å². The van der Waals surface area contributed by atoms with Gasteiger partial charge in [0.2, 0.25) is 0 Å². The smallest absolute Gasteiger partial charge is 0.306 e. The van der Waals surface area contributed by atoms with Crippen molar-refractivity contribution in [1.82, 2.24) is 0 Å². The van der Waals surface area contributed by atoms with Gasteiger partial charge in [-0.05, 0) is 89.9 Å². The van der Waals surface area contributed by atoms with Gasteiger partial charge in [-0.2, -0.15) is 0 Å². The molecule has 0 heterocycles. The summed E-state index contributed by atoms with van der Waals surface area (Å²) < 4.78 is 17.4. The van der Waals surface area contributed by atoms with Crippen LogP contribution in [0.2, 0.25) is 0 Å². The summed E-state index contributed by atoms with van der Waals surface area (Å²) in [5.74, 6) is -0.416. The number of ether oxygens (including phenoxy) is 3. The summed E-state index contributed by atoms with van der Waals surface area (Å²) in [6, 6.07) is 0. The van der Waals surface area contributed by atoms with Crippen molar-refractivity contribution in [3.05, 3.63) is 72.9 Å². The monoisotopic (exact) mass is 893 g/mol. The van der Waals surface area contributed by atoms with E-state index in [2.05, 4.69) is 93.7 Å². The van der Waals surface area contributed by atoms with Gasteiger partial charge in [0.15, 0.2) is 6.10 Å². The molecule has 0 amide bonds. The lowest BCUT2D eigenvalue weighted by Crippen LogP contribution is -2.30. The van der Waals surface area contributed by atoms with Gasteiger partial charge < -0.3 is 14.2 Å². The summed E-state index contributed by atoms with van der Waals surface area (Å²) in [5.41, 5.74) is 0. The first kappa shape index (κ1) is 61.3. The van der Waals surface area contributed by atoms with E-state index in [1.807, 2.05) is 0 Å². The number of allylic oxidation sites excluding steroid dienone is 12. The minimum Gasteiger partial charge on any atom is -0.462 e. The maximum absolute atomic E-state index is 12.8. The third-order valence-corrected chi connectivity index (χ3v) is 11.7. The summed E-state index contributed by atoms with van der Waals surface area (Å²) in [6.45, 7) is 7.69. The number of rotatable bonds is 50. The van der Waals surface area contributed by atoms with Gasteiger partial charge >= 0.3 is 11.9 Å². The van der Waals surface area contributed by atoms with Gasteiger partial charge in [-0.25, -0.2) is 0 Å². The molecular weight excluding hydrogens is 789 g/mol. The van der Waals surface area contributed by atoms with Crippen molar-refractivity contribution in [3.8, 4) is 0 Å². The Hall–Kier alpha value is -2.66. The molecule has 0 saturated carbocycles. The van der Waals surface area contributed by atoms with Gasteiger partial charge in [0.05, 0.1) is 6.61 Å². The first-order chi connectivity index (χ1) is 31.6. The van der Waals surface area contributed by atoms with Crippen molar-refractivity contribution in [2.75, 3.05) is 19.8 Å². The standard InChI is InChI=1S/C59H104O5/c1-4-7-10-13-16-19-22-25-27-29-30-32-33-35-37-40-43-46-49-52-58(60)63-56-57(55-62-54-51-48-45-42-39-24-21-18-15-12-9-6-3)64-59(61)53-50-47-44-41-38-36-34-31-28-26-23-20-17-14-11-8-5-2/h8,11,16-17,19-20,25-28,30,32,57H,4-7,9-10,12-15,18,21-24,29,31,33-56H2,1-3H3/b11-8-,19-16-,20-17-,27-25-,28-26-,32-30-. The van der Waals surface area contributed by atoms with Crippen molar-refractivity contribution in [3.63, 3.8) is 0 Å². The molecule has 1 unspecified atom stereocenters. The lowest BCUT2D eigenvalue weighted by molar-refractivity contribution is -0.163. The predicted molar refractivity (Wildman–Crippen MR) is 279 cm³/mol. The summed E-state index contributed by atoms with van der Waals surface area (Å²) in [6.07, 6.45) is 70.5. The summed E-state index contributed by atoms with van der Waals surface area (Å²) >= 11 is 0. The molecule has 64 heavy (non-hydrogen) atoms. The lowest BCUT2D eigenvalue weighted by atomic mass is 10.1.